The number of carbonyl (C=O) groups excluding carboxylic acids is 1. The van der Waals surface area contributed by atoms with Crippen LogP contribution in [0.4, 0.5) is 0 Å². The molecule has 0 saturated heterocycles. The number of ether oxygens (including phenoxy) is 1. The molecule has 30 heavy (non-hydrogen) atoms. The molecular weight excluding hydrogens is 382 g/mol. The van der Waals surface area contributed by atoms with E-state index in [4.69, 9.17) is 4.74 Å². The van der Waals surface area contributed by atoms with E-state index in [2.05, 4.69) is 15.4 Å². The monoisotopic (exact) mass is 404 g/mol. The average Bonchev–Trinajstić information content (AvgIpc) is 3.19. The minimum absolute atomic E-state index is 0.222. The second-order valence-corrected chi connectivity index (χ2v) is 6.94. The van der Waals surface area contributed by atoms with Crippen LogP contribution in [-0.2, 0) is 11.8 Å². The number of hydrogen-bond acceptors (Lipinski definition) is 5. The molecule has 3 aromatic heterocycles. The fourth-order valence-electron chi connectivity index (χ4n) is 3.29. The predicted octanol–water partition coefficient (Wildman–Crippen LogP) is 2.20. The Bertz CT molecular complexity index is 1200. The van der Waals surface area contributed by atoms with Gasteiger partial charge in [0.2, 0.25) is 12.4 Å². The molecule has 0 fully saturated rings. The predicted molar refractivity (Wildman–Crippen MR) is 111 cm³/mol. The van der Waals surface area contributed by atoms with Crippen LogP contribution < -0.4 is 10.0 Å². The van der Waals surface area contributed by atoms with Crippen molar-refractivity contribution in [3.63, 3.8) is 0 Å². The van der Waals surface area contributed by atoms with E-state index in [1.807, 2.05) is 43.7 Å². The van der Waals surface area contributed by atoms with E-state index in [-0.39, 0.29) is 5.91 Å². The van der Waals surface area contributed by atoms with Crippen molar-refractivity contribution in [1.29, 1.82) is 0 Å². The van der Waals surface area contributed by atoms with Crippen LogP contribution in [0, 0.1) is 0 Å². The molecule has 0 bridgehead atoms. The maximum absolute atomic E-state index is 12.4. The smallest absolute Gasteiger partial charge is 0.252 e. The first-order chi connectivity index (χ1) is 14.5. The molecule has 8 heteroatoms. The largest absolute Gasteiger partial charge is 0.383 e. The number of pyridine rings is 2. The Balaban J connectivity index is 1.72. The summed E-state index contributed by atoms with van der Waals surface area (Å²) >= 11 is 0. The first kappa shape index (κ1) is 19.5. The number of hydrogen-bond donors (Lipinski definition) is 2. The van der Waals surface area contributed by atoms with E-state index in [0.717, 1.165) is 32.4 Å². The van der Waals surface area contributed by atoms with Gasteiger partial charge in [0.25, 0.3) is 5.91 Å². The first-order valence-electron chi connectivity index (χ1n) is 9.46. The van der Waals surface area contributed by atoms with Gasteiger partial charge in [0.15, 0.2) is 0 Å². The quantitative estimate of drug-likeness (QED) is 0.292. The fourth-order valence-corrected chi connectivity index (χ4v) is 3.29. The Morgan fingerprint density at radius 3 is 2.63 bits per heavy atom. The van der Waals surface area contributed by atoms with Gasteiger partial charge in [0, 0.05) is 48.8 Å². The van der Waals surface area contributed by atoms with Gasteiger partial charge < -0.3 is 10.1 Å². The standard InChI is InChI=1S/C22H21N5O3/c1-26-12-18(11-25-26)15-3-5-16(6-4-15)20-13-27(29)14-21-19(20)9-17(10-24-21)22(28)23-7-8-30-2/h3-6,9-14H,7-8H2,1-2H3,(H-,23,24,28,29)/p+1. The lowest BCUT2D eigenvalue weighted by Crippen LogP contribution is -2.29. The molecular formula is C22H22N5O3+. The molecule has 0 spiro atoms. The number of benzene rings is 1. The van der Waals surface area contributed by atoms with E-state index in [9.17, 15) is 10.0 Å². The molecule has 0 unspecified atom stereocenters. The summed E-state index contributed by atoms with van der Waals surface area (Å²) in [5, 5.41) is 17.9. The van der Waals surface area contributed by atoms with Gasteiger partial charge in [-0.3, -0.25) is 14.7 Å². The van der Waals surface area contributed by atoms with Crippen LogP contribution >= 0.6 is 0 Å². The molecule has 0 saturated carbocycles. The van der Waals surface area contributed by atoms with Crippen molar-refractivity contribution in [2.45, 2.75) is 0 Å². The van der Waals surface area contributed by atoms with Crippen molar-refractivity contribution in [3.05, 3.63) is 66.9 Å². The van der Waals surface area contributed by atoms with Gasteiger partial charge in [-0.05, 0) is 17.2 Å². The summed E-state index contributed by atoms with van der Waals surface area (Å²) in [5.74, 6) is -0.222. The fraction of sp³-hybridized carbons (Fsp3) is 0.182. The lowest BCUT2D eigenvalue weighted by Gasteiger charge is -2.08. The van der Waals surface area contributed by atoms with Gasteiger partial charge in [0.05, 0.1) is 23.9 Å². The van der Waals surface area contributed by atoms with E-state index in [0.29, 0.717) is 24.2 Å². The topological polar surface area (TPSA) is 93.2 Å². The highest BCUT2D eigenvalue weighted by Gasteiger charge is 2.16. The lowest BCUT2D eigenvalue weighted by molar-refractivity contribution is -0.903. The Kier molecular flexibility index (Phi) is 5.40. The van der Waals surface area contributed by atoms with Gasteiger partial charge in [0.1, 0.15) is 5.52 Å². The van der Waals surface area contributed by atoms with E-state index < -0.39 is 0 Å². The van der Waals surface area contributed by atoms with Gasteiger partial charge in [-0.1, -0.05) is 24.3 Å². The van der Waals surface area contributed by atoms with Crippen LogP contribution in [-0.4, -0.2) is 46.1 Å². The maximum Gasteiger partial charge on any atom is 0.252 e. The zero-order valence-electron chi connectivity index (χ0n) is 16.7. The Labute approximate surface area is 173 Å². The zero-order chi connectivity index (χ0) is 21.1. The van der Waals surface area contributed by atoms with Crippen LogP contribution in [0.5, 0.6) is 0 Å². The van der Waals surface area contributed by atoms with Gasteiger partial charge in [-0.25, -0.2) is 4.98 Å². The Morgan fingerprint density at radius 2 is 1.93 bits per heavy atom. The molecule has 1 amide bonds. The number of nitrogens with one attached hydrogen (secondary N) is 1. The molecule has 4 rings (SSSR count). The molecule has 1 aromatic carbocycles. The molecule has 0 radical (unpaired) electrons. The second-order valence-electron chi connectivity index (χ2n) is 6.94. The number of carbonyl (C=O) groups is 1. The summed E-state index contributed by atoms with van der Waals surface area (Å²) in [4.78, 5) is 16.8. The number of methoxy groups -OCH3 is 1. The summed E-state index contributed by atoms with van der Waals surface area (Å²) in [6.45, 7) is 0.854. The lowest BCUT2D eigenvalue weighted by atomic mass is 9.99. The molecule has 0 atom stereocenters. The SMILES string of the molecule is COCCNC(=O)c1cnc2c[n+](O)cc(-c3ccc(-c4cnn(C)c4)cc3)c2c1. The summed E-state index contributed by atoms with van der Waals surface area (Å²) in [7, 11) is 3.46. The average molecular weight is 404 g/mol. The normalized spacial score (nSPS) is 11.0. The van der Waals surface area contributed by atoms with Crippen LogP contribution in [0.25, 0.3) is 33.2 Å². The van der Waals surface area contributed by atoms with Gasteiger partial charge in [-0.15, -0.1) is 0 Å². The minimum atomic E-state index is -0.222. The van der Waals surface area contributed by atoms with Crippen molar-refractivity contribution in [3.8, 4) is 22.3 Å². The summed E-state index contributed by atoms with van der Waals surface area (Å²) in [6.07, 6.45) is 8.38. The molecule has 4 aromatic rings. The highest BCUT2D eigenvalue weighted by Crippen LogP contribution is 2.29. The van der Waals surface area contributed by atoms with Gasteiger partial charge >= 0.3 is 0 Å². The van der Waals surface area contributed by atoms with E-state index in [1.165, 1.54) is 12.4 Å². The third-order valence-electron chi connectivity index (χ3n) is 4.81. The second kappa shape index (κ2) is 8.30. The summed E-state index contributed by atoms with van der Waals surface area (Å²) in [5.41, 5.74) is 4.76. The van der Waals surface area contributed by atoms with Gasteiger partial charge in [-0.2, -0.15) is 5.10 Å². The third-order valence-corrected chi connectivity index (χ3v) is 4.81. The molecule has 8 nitrogen and oxygen atoms in total. The Hall–Kier alpha value is -3.78. The number of aromatic nitrogens is 4. The van der Waals surface area contributed by atoms with Crippen LogP contribution in [0.15, 0.2) is 61.3 Å². The molecule has 0 aliphatic heterocycles. The van der Waals surface area contributed by atoms with Crippen LogP contribution in [0.1, 0.15) is 10.4 Å². The number of nitrogens with zero attached hydrogens (tertiary/aromatic N) is 4. The number of amides is 1. The number of fused-ring (bicyclic) bond motifs is 1. The first-order valence-corrected chi connectivity index (χ1v) is 9.46. The van der Waals surface area contributed by atoms with E-state index >= 15 is 0 Å². The number of aryl methyl sites for hydroxylation is 1. The number of rotatable bonds is 6. The zero-order valence-corrected chi connectivity index (χ0v) is 16.7. The van der Waals surface area contributed by atoms with Crippen molar-refractivity contribution >= 4 is 16.8 Å². The molecule has 2 N–H and O–H groups in total. The molecule has 3 heterocycles. The third kappa shape index (κ3) is 3.99. The van der Waals surface area contributed by atoms with Crippen molar-refractivity contribution in [1.82, 2.24) is 20.1 Å². The molecule has 152 valence electrons. The van der Waals surface area contributed by atoms with Crippen LogP contribution in [0.3, 0.4) is 0 Å². The van der Waals surface area contributed by atoms with Crippen LogP contribution in [0.2, 0.25) is 0 Å². The summed E-state index contributed by atoms with van der Waals surface area (Å²) in [6, 6.07) is 9.74. The van der Waals surface area contributed by atoms with Crippen molar-refractivity contribution in [2.75, 3.05) is 20.3 Å². The minimum Gasteiger partial charge on any atom is -0.383 e. The highest BCUT2D eigenvalue weighted by molar-refractivity contribution is 6.00. The Morgan fingerprint density at radius 1 is 1.17 bits per heavy atom. The van der Waals surface area contributed by atoms with Crippen molar-refractivity contribution in [2.24, 2.45) is 7.05 Å². The van der Waals surface area contributed by atoms with Crippen molar-refractivity contribution < 1.29 is 19.5 Å². The summed E-state index contributed by atoms with van der Waals surface area (Å²) < 4.78 is 7.71. The van der Waals surface area contributed by atoms with E-state index in [1.54, 1.807) is 24.1 Å². The highest BCUT2D eigenvalue weighted by atomic mass is 16.5. The molecule has 0 aliphatic rings. The molecule has 0 aliphatic carbocycles. The maximum atomic E-state index is 12.4.